The maximum atomic E-state index is 10.9. The van der Waals surface area contributed by atoms with Crippen LogP contribution in [0.25, 0.3) is 0 Å². The van der Waals surface area contributed by atoms with E-state index in [1.807, 2.05) is 0 Å². The van der Waals surface area contributed by atoms with Gasteiger partial charge in [0.05, 0.1) is 11.1 Å². The zero-order chi connectivity index (χ0) is 6.85. The molecule has 0 bridgehead atoms. The highest BCUT2D eigenvalue weighted by molar-refractivity contribution is 9.12. The van der Waals surface area contributed by atoms with Crippen LogP contribution in [-0.4, -0.2) is 18.5 Å². The Balaban J connectivity index is 2.74. The lowest BCUT2D eigenvalue weighted by Crippen LogP contribution is -2.24. The van der Waals surface area contributed by atoms with Crippen LogP contribution in [0.15, 0.2) is 10.6 Å². The van der Waals surface area contributed by atoms with Gasteiger partial charge in [0.25, 0.3) is 0 Å². The van der Waals surface area contributed by atoms with Gasteiger partial charge in [0.2, 0.25) is 0 Å². The first-order chi connectivity index (χ1) is 4.22. The first-order valence-electron chi connectivity index (χ1n) is 2.73. The molecule has 0 aromatic carbocycles. The molecule has 0 radical (unpaired) electrons. The molecule has 1 unspecified atom stereocenters. The molecule has 1 rings (SSSR count). The lowest BCUT2D eigenvalue weighted by molar-refractivity contribution is -0.125. The van der Waals surface area contributed by atoms with Gasteiger partial charge in [-0.3, -0.25) is 4.79 Å². The molecule has 1 atom stereocenters. The Bertz CT molecular complexity index is 162. The number of carbonyl (C=O) groups is 1. The molecule has 0 saturated carbocycles. The number of halogens is 1. The molecule has 1 aliphatic heterocycles. The van der Waals surface area contributed by atoms with E-state index >= 15 is 0 Å². The molecule has 1 aliphatic rings. The summed E-state index contributed by atoms with van der Waals surface area (Å²) in [6.07, 6.45) is 1.45. The molecule has 1 heterocycles. The van der Waals surface area contributed by atoms with E-state index in [0.717, 1.165) is 0 Å². The molecular formula is C6H7BrO2. The first-order valence-corrected chi connectivity index (χ1v) is 3.52. The zero-order valence-electron chi connectivity index (χ0n) is 5.06. The second-order valence-electron chi connectivity index (χ2n) is 1.89. The van der Waals surface area contributed by atoms with E-state index in [9.17, 15) is 4.79 Å². The molecule has 0 aromatic heterocycles. The molecule has 2 nitrogen and oxygen atoms in total. The third kappa shape index (κ3) is 1.40. The molecular weight excluding hydrogens is 184 g/mol. The number of Topliss-reactive ketones (excluding diaryl/α,β-unsaturated/α-hetero) is 1. The molecule has 0 spiro atoms. The fourth-order valence-electron chi connectivity index (χ4n) is 0.636. The number of hydrogen-bond donors (Lipinski definition) is 0. The van der Waals surface area contributed by atoms with Crippen LogP contribution in [0.5, 0.6) is 0 Å². The second kappa shape index (κ2) is 2.62. The smallest absolute Gasteiger partial charge is 0.197 e. The van der Waals surface area contributed by atoms with E-state index in [2.05, 4.69) is 15.9 Å². The predicted molar refractivity (Wildman–Crippen MR) is 37.4 cm³/mol. The van der Waals surface area contributed by atoms with E-state index in [4.69, 9.17) is 4.74 Å². The van der Waals surface area contributed by atoms with E-state index in [1.165, 1.54) is 0 Å². The third-order valence-electron chi connectivity index (χ3n) is 1.21. The van der Waals surface area contributed by atoms with E-state index in [-0.39, 0.29) is 11.9 Å². The number of ether oxygens (including phenoxy) is 1. The minimum absolute atomic E-state index is 0.0289. The Labute approximate surface area is 62.0 Å². The summed E-state index contributed by atoms with van der Waals surface area (Å²) in [5, 5.41) is 0. The molecule has 3 heteroatoms. The average Bonchev–Trinajstić information content (AvgIpc) is 1.83. The van der Waals surface area contributed by atoms with Gasteiger partial charge in [0, 0.05) is 0 Å². The van der Waals surface area contributed by atoms with Gasteiger partial charge in [-0.25, -0.2) is 0 Å². The van der Waals surface area contributed by atoms with E-state index < -0.39 is 0 Å². The Morgan fingerprint density at radius 2 is 2.56 bits per heavy atom. The molecule has 0 N–H and O–H groups in total. The summed E-state index contributed by atoms with van der Waals surface area (Å²) in [7, 11) is 0. The third-order valence-corrected chi connectivity index (χ3v) is 1.93. The highest BCUT2D eigenvalue weighted by Crippen LogP contribution is 2.14. The molecule has 0 amide bonds. The maximum Gasteiger partial charge on any atom is 0.197 e. The standard InChI is InChI=1S/C6H7BrO2/c1-4-6(8)5(7)2-3-9-4/h2,4H,3H2,1H3. The van der Waals surface area contributed by atoms with Crippen LogP contribution in [0.3, 0.4) is 0 Å². The van der Waals surface area contributed by atoms with Gasteiger partial charge < -0.3 is 4.74 Å². The summed E-state index contributed by atoms with van der Waals surface area (Å²) in [6.45, 7) is 2.28. The predicted octanol–water partition coefficient (Wildman–Crippen LogP) is 1.25. The molecule has 9 heavy (non-hydrogen) atoms. The quantitative estimate of drug-likeness (QED) is 0.575. The minimum Gasteiger partial charge on any atom is -0.366 e. The Morgan fingerprint density at radius 1 is 1.89 bits per heavy atom. The lowest BCUT2D eigenvalue weighted by atomic mass is 10.2. The fraction of sp³-hybridized carbons (Fsp3) is 0.500. The fourth-order valence-corrected chi connectivity index (χ4v) is 1.09. The van der Waals surface area contributed by atoms with Crippen molar-refractivity contribution in [3.05, 3.63) is 10.6 Å². The van der Waals surface area contributed by atoms with Crippen molar-refractivity contribution in [1.29, 1.82) is 0 Å². The summed E-state index contributed by atoms with van der Waals surface area (Å²) in [4.78, 5) is 10.9. The van der Waals surface area contributed by atoms with Crippen LogP contribution in [0.4, 0.5) is 0 Å². The van der Waals surface area contributed by atoms with Crippen molar-refractivity contribution in [3.8, 4) is 0 Å². The summed E-state index contributed by atoms with van der Waals surface area (Å²) in [6, 6.07) is 0. The van der Waals surface area contributed by atoms with Crippen LogP contribution in [0.1, 0.15) is 6.92 Å². The molecule has 0 fully saturated rings. The van der Waals surface area contributed by atoms with E-state index in [0.29, 0.717) is 11.1 Å². The van der Waals surface area contributed by atoms with Gasteiger partial charge in [-0.1, -0.05) is 0 Å². The Morgan fingerprint density at radius 3 is 3.00 bits per heavy atom. The summed E-state index contributed by atoms with van der Waals surface area (Å²) in [5.74, 6) is 0.0289. The van der Waals surface area contributed by atoms with Gasteiger partial charge >= 0.3 is 0 Å². The molecule has 0 aromatic rings. The van der Waals surface area contributed by atoms with Crippen LogP contribution in [-0.2, 0) is 9.53 Å². The van der Waals surface area contributed by atoms with Crippen molar-refractivity contribution < 1.29 is 9.53 Å². The summed E-state index contributed by atoms with van der Waals surface area (Å²) < 4.78 is 5.64. The van der Waals surface area contributed by atoms with Gasteiger partial charge in [0.1, 0.15) is 6.10 Å². The van der Waals surface area contributed by atoms with Crippen molar-refractivity contribution in [2.75, 3.05) is 6.61 Å². The summed E-state index contributed by atoms with van der Waals surface area (Å²) in [5.41, 5.74) is 0. The number of hydrogen-bond acceptors (Lipinski definition) is 2. The van der Waals surface area contributed by atoms with Gasteiger partial charge in [-0.15, -0.1) is 0 Å². The minimum atomic E-state index is -0.274. The van der Waals surface area contributed by atoms with Crippen LogP contribution in [0.2, 0.25) is 0 Å². The number of rotatable bonds is 0. The van der Waals surface area contributed by atoms with Crippen molar-refractivity contribution >= 4 is 21.7 Å². The number of ketones is 1. The van der Waals surface area contributed by atoms with Crippen molar-refractivity contribution in [1.82, 2.24) is 0 Å². The molecule has 50 valence electrons. The first kappa shape index (κ1) is 6.96. The molecule has 0 saturated heterocycles. The van der Waals surface area contributed by atoms with Crippen LogP contribution in [0, 0.1) is 0 Å². The van der Waals surface area contributed by atoms with Crippen molar-refractivity contribution in [2.24, 2.45) is 0 Å². The highest BCUT2D eigenvalue weighted by atomic mass is 79.9. The summed E-state index contributed by atoms with van der Waals surface area (Å²) >= 11 is 3.13. The monoisotopic (exact) mass is 190 g/mol. The van der Waals surface area contributed by atoms with Gasteiger partial charge in [0.15, 0.2) is 5.78 Å². The Kier molecular flexibility index (Phi) is 2.03. The SMILES string of the molecule is CC1OCC=C(Br)C1=O. The van der Waals surface area contributed by atoms with Gasteiger partial charge in [-0.05, 0) is 28.9 Å². The largest absolute Gasteiger partial charge is 0.366 e. The van der Waals surface area contributed by atoms with Crippen molar-refractivity contribution in [2.45, 2.75) is 13.0 Å². The number of carbonyl (C=O) groups excluding carboxylic acids is 1. The van der Waals surface area contributed by atoms with Gasteiger partial charge in [-0.2, -0.15) is 0 Å². The van der Waals surface area contributed by atoms with Crippen molar-refractivity contribution in [3.63, 3.8) is 0 Å². The molecule has 0 aliphatic carbocycles. The zero-order valence-corrected chi connectivity index (χ0v) is 6.64. The topological polar surface area (TPSA) is 26.3 Å². The maximum absolute atomic E-state index is 10.9. The van der Waals surface area contributed by atoms with Crippen LogP contribution < -0.4 is 0 Å². The van der Waals surface area contributed by atoms with Crippen LogP contribution >= 0.6 is 15.9 Å². The average molecular weight is 191 g/mol. The second-order valence-corrected chi connectivity index (χ2v) is 2.75. The highest BCUT2D eigenvalue weighted by Gasteiger charge is 2.19. The Hall–Kier alpha value is -0.150. The lowest BCUT2D eigenvalue weighted by Gasteiger charge is -2.14. The van der Waals surface area contributed by atoms with E-state index in [1.54, 1.807) is 13.0 Å². The normalized spacial score (nSPS) is 28.0.